The number of carboxylic acids is 1. The quantitative estimate of drug-likeness (QED) is 0.918. The van der Waals surface area contributed by atoms with E-state index in [-0.39, 0.29) is 0 Å². The van der Waals surface area contributed by atoms with Crippen LogP contribution >= 0.6 is 23.2 Å². The van der Waals surface area contributed by atoms with Crippen LogP contribution in [0.15, 0.2) is 12.1 Å². The fourth-order valence-corrected chi connectivity index (χ4v) is 3.29. The van der Waals surface area contributed by atoms with Crippen molar-refractivity contribution in [3.05, 3.63) is 27.7 Å². The van der Waals surface area contributed by atoms with Gasteiger partial charge in [-0.2, -0.15) is 0 Å². The lowest BCUT2D eigenvalue weighted by Gasteiger charge is -2.27. The lowest BCUT2D eigenvalue weighted by Crippen LogP contribution is -2.33. The second kappa shape index (κ2) is 4.98. The van der Waals surface area contributed by atoms with E-state index in [0.717, 1.165) is 12.8 Å². The largest absolute Gasteiger partial charge is 0.495 e. The first-order chi connectivity index (χ1) is 8.53. The van der Waals surface area contributed by atoms with Crippen LogP contribution in [-0.4, -0.2) is 18.2 Å². The van der Waals surface area contributed by atoms with Crippen molar-refractivity contribution in [2.45, 2.75) is 31.1 Å². The van der Waals surface area contributed by atoms with Gasteiger partial charge in [-0.1, -0.05) is 36.0 Å². The van der Waals surface area contributed by atoms with E-state index in [1.54, 1.807) is 12.1 Å². The number of methoxy groups -OCH3 is 1. The Balaban J connectivity index is 2.68. The van der Waals surface area contributed by atoms with Gasteiger partial charge < -0.3 is 9.84 Å². The molecule has 0 aromatic heterocycles. The third kappa shape index (κ3) is 1.95. The molecule has 0 heterocycles. The van der Waals surface area contributed by atoms with Crippen LogP contribution in [0.5, 0.6) is 5.75 Å². The molecule has 2 rings (SSSR count). The van der Waals surface area contributed by atoms with Gasteiger partial charge in [0.25, 0.3) is 0 Å². The number of rotatable bonds is 3. The van der Waals surface area contributed by atoms with Gasteiger partial charge in [-0.15, -0.1) is 0 Å². The Hall–Kier alpha value is -0.930. The molecule has 0 bridgehead atoms. The van der Waals surface area contributed by atoms with Crippen molar-refractivity contribution in [3.8, 4) is 5.75 Å². The molecule has 0 saturated heterocycles. The Morgan fingerprint density at radius 1 is 1.28 bits per heavy atom. The molecule has 0 amide bonds. The number of hydrogen-bond donors (Lipinski definition) is 1. The van der Waals surface area contributed by atoms with Crippen molar-refractivity contribution >= 4 is 29.2 Å². The SMILES string of the molecule is COc1c(Cl)ccc(Cl)c1C1(C(=O)O)CCCC1. The average Bonchev–Trinajstić information content (AvgIpc) is 2.82. The first kappa shape index (κ1) is 13.5. The number of aliphatic carboxylic acids is 1. The van der Waals surface area contributed by atoms with Crippen molar-refractivity contribution in [2.75, 3.05) is 7.11 Å². The summed E-state index contributed by atoms with van der Waals surface area (Å²) in [5.41, 5.74) is -0.447. The highest BCUT2D eigenvalue weighted by Gasteiger charge is 2.46. The average molecular weight is 289 g/mol. The Labute approximate surface area is 116 Å². The zero-order valence-corrected chi connectivity index (χ0v) is 11.5. The Morgan fingerprint density at radius 2 is 1.83 bits per heavy atom. The van der Waals surface area contributed by atoms with Crippen LogP contribution in [0.1, 0.15) is 31.2 Å². The summed E-state index contributed by atoms with van der Waals surface area (Å²) in [4.78, 5) is 11.7. The van der Waals surface area contributed by atoms with E-state index in [1.807, 2.05) is 0 Å². The second-order valence-corrected chi connectivity index (χ2v) is 5.35. The van der Waals surface area contributed by atoms with Gasteiger partial charge in [-0.25, -0.2) is 0 Å². The van der Waals surface area contributed by atoms with Gasteiger partial charge in [0.1, 0.15) is 5.75 Å². The number of hydrogen-bond acceptors (Lipinski definition) is 2. The van der Waals surface area contributed by atoms with Crippen LogP contribution in [0, 0.1) is 0 Å². The maximum Gasteiger partial charge on any atom is 0.314 e. The van der Waals surface area contributed by atoms with E-state index in [0.29, 0.717) is 34.2 Å². The molecule has 0 spiro atoms. The smallest absolute Gasteiger partial charge is 0.314 e. The first-order valence-electron chi connectivity index (χ1n) is 5.79. The highest BCUT2D eigenvalue weighted by molar-refractivity contribution is 6.35. The van der Waals surface area contributed by atoms with E-state index in [9.17, 15) is 9.90 Å². The summed E-state index contributed by atoms with van der Waals surface area (Å²) in [5.74, 6) is -0.476. The van der Waals surface area contributed by atoms with E-state index in [1.165, 1.54) is 7.11 Å². The van der Waals surface area contributed by atoms with Crippen LogP contribution in [0.2, 0.25) is 10.0 Å². The standard InChI is InChI=1S/C13H14Cl2O3/c1-18-11-9(15)5-4-8(14)10(11)13(12(16)17)6-2-3-7-13/h4-5H,2-3,6-7H2,1H3,(H,16,17). The molecule has 1 fully saturated rings. The third-order valence-electron chi connectivity index (χ3n) is 3.61. The molecule has 1 N–H and O–H groups in total. The zero-order valence-electron chi connectivity index (χ0n) is 10.0. The monoisotopic (exact) mass is 288 g/mol. The minimum Gasteiger partial charge on any atom is -0.495 e. The number of halogens is 2. The van der Waals surface area contributed by atoms with Crippen molar-refractivity contribution < 1.29 is 14.6 Å². The van der Waals surface area contributed by atoms with Gasteiger partial charge >= 0.3 is 5.97 Å². The van der Waals surface area contributed by atoms with Gasteiger partial charge in [0.15, 0.2) is 0 Å². The molecule has 0 aliphatic heterocycles. The molecule has 0 atom stereocenters. The van der Waals surface area contributed by atoms with Crippen LogP contribution in [0.3, 0.4) is 0 Å². The molecule has 0 radical (unpaired) electrons. The van der Waals surface area contributed by atoms with E-state index < -0.39 is 11.4 Å². The highest BCUT2D eigenvalue weighted by Crippen LogP contribution is 2.49. The third-order valence-corrected chi connectivity index (χ3v) is 4.22. The number of carboxylic acid groups (broad SMARTS) is 1. The first-order valence-corrected chi connectivity index (χ1v) is 6.54. The molecule has 1 aromatic rings. The summed E-state index contributed by atoms with van der Waals surface area (Å²) >= 11 is 12.3. The molecule has 0 unspecified atom stereocenters. The minimum atomic E-state index is -0.965. The summed E-state index contributed by atoms with van der Waals surface area (Å²) in [5, 5.41) is 10.4. The topological polar surface area (TPSA) is 46.5 Å². The Kier molecular flexibility index (Phi) is 3.74. The number of benzene rings is 1. The predicted molar refractivity (Wildman–Crippen MR) is 70.8 cm³/mol. The number of ether oxygens (including phenoxy) is 1. The van der Waals surface area contributed by atoms with Gasteiger partial charge in [-0.3, -0.25) is 4.79 Å². The van der Waals surface area contributed by atoms with Crippen molar-refractivity contribution in [3.63, 3.8) is 0 Å². The van der Waals surface area contributed by atoms with Crippen molar-refractivity contribution in [2.24, 2.45) is 0 Å². The summed E-state index contributed by atoms with van der Waals surface area (Å²) in [6.45, 7) is 0. The molecule has 18 heavy (non-hydrogen) atoms. The summed E-state index contributed by atoms with van der Waals surface area (Å²) in [7, 11) is 1.48. The summed E-state index contributed by atoms with van der Waals surface area (Å²) < 4.78 is 5.26. The molecular weight excluding hydrogens is 275 g/mol. The Morgan fingerprint density at radius 3 is 2.33 bits per heavy atom. The van der Waals surface area contributed by atoms with Crippen LogP contribution in [-0.2, 0) is 10.2 Å². The van der Waals surface area contributed by atoms with Crippen LogP contribution in [0.25, 0.3) is 0 Å². The highest BCUT2D eigenvalue weighted by atomic mass is 35.5. The van der Waals surface area contributed by atoms with Gasteiger partial charge in [0, 0.05) is 10.6 Å². The fraction of sp³-hybridized carbons (Fsp3) is 0.462. The van der Waals surface area contributed by atoms with Gasteiger partial charge in [-0.05, 0) is 25.0 Å². The van der Waals surface area contributed by atoms with Crippen molar-refractivity contribution in [1.29, 1.82) is 0 Å². The molecule has 5 heteroatoms. The fourth-order valence-electron chi connectivity index (χ4n) is 2.73. The molecule has 1 aliphatic carbocycles. The second-order valence-electron chi connectivity index (χ2n) is 4.53. The van der Waals surface area contributed by atoms with Crippen LogP contribution < -0.4 is 4.74 Å². The maximum absolute atomic E-state index is 11.7. The number of carbonyl (C=O) groups is 1. The molecule has 1 aliphatic rings. The van der Waals surface area contributed by atoms with E-state index in [2.05, 4.69) is 0 Å². The van der Waals surface area contributed by atoms with E-state index >= 15 is 0 Å². The molecule has 1 aromatic carbocycles. The molecule has 1 saturated carbocycles. The van der Waals surface area contributed by atoms with Gasteiger partial charge in [0.05, 0.1) is 17.5 Å². The molecular formula is C13H14Cl2O3. The van der Waals surface area contributed by atoms with Crippen LogP contribution in [0.4, 0.5) is 0 Å². The zero-order chi connectivity index (χ0) is 13.3. The maximum atomic E-state index is 11.7. The normalized spacial score (nSPS) is 17.7. The lowest BCUT2D eigenvalue weighted by atomic mass is 9.78. The van der Waals surface area contributed by atoms with Gasteiger partial charge in [0.2, 0.25) is 0 Å². The molecule has 3 nitrogen and oxygen atoms in total. The molecule has 98 valence electrons. The minimum absolute atomic E-state index is 0.383. The summed E-state index contributed by atoms with van der Waals surface area (Å²) in [6, 6.07) is 3.25. The Bertz CT molecular complexity index is 479. The summed E-state index contributed by atoms with van der Waals surface area (Å²) in [6.07, 6.45) is 2.88. The predicted octanol–water partition coefficient (Wildman–Crippen LogP) is 3.90. The van der Waals surface area contributed by atoms with E-state index in [4.69, 9.17) is 27.9 Å². The van der Waals surface area contributed by atoms with Crippen molar-refractivity contribution in [1.82, 2.24) is 0 Å². The lowest BCUT2D eigenvalue weighted by molar-refractivity contribution is -0.143.